The summed E-state index contributed by atoms with van der Waals surface area (Å²) < 4.78 is 29.8. The molecule has 43 heavy (non-hydrogen) atoms. The van der Waals surface area contributed by atoms with Gasteiger partial charge in [-0.3, -0.25) is 13.9 Å². The number of carbonyl (C=O) groups excluding carboxylic acids is 1. The fraction of sp³-hybridized carbons (Fsp3) is 0.742. The molecule has 242 valence electrons. The second-order valence-corrected chi connectivity index (χ2v) is 15.9. The topological polar surface area (TPSA) is 143 Å². The number of rotatable bonds is 8. The van der Waals surface area contributed by atoms with Gasteiger partial charge in [0.2, 0.25) is 5.91 Å². The van der Waals surface area contributed by atoms with E-state index in [1.54, 1.807) is 12.1 Å². The molecule has 1 aliphatic carbocycles. The van der Waals surface area contributed by atoms with Crippen LogP contribution in [0.5, 0.6) is 0 Å². The Kier molecular flexibility index (Phi) is 10.5. The number of hydrogen-bond donors (Lipinski definition) is 6. The van der Waals surface area contributed by atoms with Crippen LogP contribution in [0.4, 0.5) is 4.79 Å². The van der Waals surface area contributed by atoms with Crippen LogP contribution in [0, 0.1) is 5.92 Å². The molecule has 12 heteroatoms. The lowest BCUT2D eigenvalue weighted by Gasteiger charge is -2.49. The Morgan fingerprint density at radius 1 is 1.09 bits per heavy atom. The molecule has 3 heterocycles. The van der Waals surface area contributed by atoms with E-state index in [1.807, 2.05) is 30.3 Å². The molecule has 2 bridgehead atoms. The zero-order valence-corrected chi connectivity index (χ0v) is 26.9. The molecule has 10 nitrogen and oxygen atoms in total. The molecule has 0 aromatic heterocycles. The van der Waals surface area contributed by atoms with Crippen LogP contribution >= 0.6 is 22.4 Å². The Morgan fingerprint density at radius 2 is 1.79 bits per heavy atom. The number of hydrogen-bond acceptors (Lipinski definition) is 7. The van der Waals surface area contributed by atoms with Crippen LogP contribution in [0.1, 0.15) is 83.6 Å². The Labute approximate surface area is 262 Å². The third-order valence-electron chi connectivity index (χ3n) is 10.2. The van der Waals surface area contributed by atoms with Crippen LogP contribution in [0.3, 0.4) is 0 Å². The summed E-state index contributed by atoms with van der Waals surface area (Å²) in [6, 6.07) is 6.63. The molecular weight excluding hydrogens is 592 g/mol. The molecular formula is C31H49ClN4O6S. The molecule has 9 atom stereocenters. The smallest absolute Gasteiger partial charge is 0.405 e. The number of ether oxygens (including phenoxy) is 1. The van der Waals surface area contributed by atoms with Gasteiger partial charge in [0.15, 0.2) is 0 Å². The number of halogens is 1. The van der Waals surface area contributed by atoms with E-state index in [0.717, 1.165) is 63.5 Å². The van der Waals surface area contributed by atoms with Crippen molar-refractivity contribution in [2.24, 2.45) is 5.92 Å². The van der Waals surface area contributed by atoms with Crippen molar-refractivity contribution in [1.82, 2.24) is 20.3 Å². The van der Waals surface area contributed by atoms with Crippen LogP contribution in [0.25, 0.3) is 0 Å². The highest BCUT2D eigenvalue weighted by atomic mass is 35.5. The third kappa shape index (κ3) is 7.62. The van der Waals surface area contributed by atoms with Gasteiger partial charge in [-0.05, 0) is 88.8 Å². The zero-order valence-electron chi connectivity index (χ0n) is 25.3. The van der Waals surface area contributed by atoms with Gasteiger partial charge in [-0.1, -0.05) is 36.6 Å². The first kappa shape index (κ1) is 32.8. The van der Waals surface area contributed by atoms with Crippen LogP contribution < -0.4 is 16.0 Å². The minimum Gasteiger partial charge on any atom is -0.465 e. The lowest BCUT2D eigenvalue weighted by atomic mass is 9.65. The molecule has 1 saturated carbocycles. The molecule has 1 aromatic rings. The Morgan fingerprint density at radius 3 is 2.49 bits per heavy atom. The summed E-state index contributed by atoms with van der Waals surface area (Å²) in [4.78, 5) is 26.4. The number of fused-ring (bicyclic) bond motifs is 2. The highest BCUT2D eigenvalue weighted by Crippen LogP contribution is 2.49. The first-order chi connectivity index (χ1) is 20.5. The quantitative estimate of drug-likeness (QED) is 0.223. The van der Waals surface area contributed by atoms with E-state index in [0.29, 0.717) is 36.2 Å². The molecule has 0 spiro atoms. The molecule has 0 radical (unpaired) electrons. The van der Waals surface area contributed by atoms with Gasteiger partial charge < -0.3 is 25.8 Å². The molecule has 4 aliphatic rings. The Hall–Kier alpha value is -1.60. The second-order valence-electron chi connectivity index (χ2n) is 13.3. The summed E-state index contributed by atoms with van der Waals surface area (Å²) >= 11 is 6.22. The Balaban J connectivity index is 1.34. The molecule has 3 saturated heterocycles. The first-order valence-electron chi connectivity index (χ1n) is 15.9. The standard InChI is InChI=1S/C31H49ClN4O6S/c1-20-16-31(17-21(2)42-20,23-10-12-24(32)13-11-23)28(35-30(38)39)29(37)34-27-8-4-3-6-22(27)9-14-26-18-33-25-7-5-15-43(40,41)36(26)19-25/h10-13,20-22,25-28,33,35,40-41H,3-9,14-19H2,1-2H3,(H,34,37)(H,38,39)/t20-,21+,22-,25-,26+,27+,28-,31?/m1/s1. The van der Waals surface area contributed by atoms with Gasteiger partial charge >= 0.3 is 6.09 Å². The van der Waals surface area contributed by atoms with Crippen molar-refractivity contribution in [2.45, 2.75) is 120 Å². The van der Waals surface area contributed by atoms with Crippen LogP contribution in [0.2, 0.25) is 5.02 Å². The van der Waals surface area contributed by atoms with E-state index in [4.69, 9.17) is 16.3 Å². The normalized spacial score (nSPS) is 37.4. The number of carboxylic acid groups (broad SMARTS) is 1. The lowest BCUT2D eigenvalue weighted by Crippen LogP contribution is -2.63. The summed E-state index contributed by atoms with van der Waals surface area (Å²) in [6.45, 7) is 5.33. The van der Waals surface area contributed by atoms with Crippen molar-refractivity contribution in [3.63, 3.8) is 0 Å². The maximum absolute atomic E-state index is 14.2. The van der Waals surface area contributed by atoms with Crippen molar-refractivity contribution in [3.05, 3.63) is 34.9 Å². The second kappa shape index (κ2) is 13.8. The van der Waals surface area contributed by atoms with Crippen LogP contribution in [-0.4, -0.2) is 85.7 Å². The van der Waals surface area contributed by atoms with Crippen molar-refractivity contribution >= 4 is 34.4 Å². The number of nitrogens with one attached hydrogen (secondary N) is 3. The minimum absolute atomic E-state index is 0.0393. The molecule has 2 amide bonds. The van der Waals surface area contributed by atoms with E-state index >= 15 is 0 Å². The highest BCUT2D eigenvalue weighted by Gasteiger charge is 2.50. The predicted molar refractivity (Wildman–Crippen MR) is 170 cm³/mol. The summed E-state index contributed by atoms with van der Waals surface area (Å²) in [6.07, 6.45) is 6.75. The molecule has 6 N–H and O–H groups in total. The largest absolute Gasteiger partial charge is 0.465 e. The average molecular weight is 641 g/mol. The third-order valence-corrected chi connectivity index (χ3v) is 12.5. The van der Waals surface area contributed by atoms with Gasteiger partial charge in [-0.25, -0.2) is 9.10 Å². The fourth-order valence-electron chi connectivity index (χ4n) is 8.29. The van der Waals surface area contributed by atoms with Crippen LogP contribution in [0.15, 0.2) is 24.3 Å². The molecule has 5 rings (SSSR count). The molecule has 1 aromatic carbocycles. The van der Waals surface area contributed by atoms with Gasteiger partial charge in [0.1, 0.15) is 6.04 Å². The summed E-state index contributed by atoms with van der Waals surface area (Å²) in [5, 5.41) is 20.0. The van der Waals surface area contributed by atoms with Crippen LogP contribution in [-0.2, 0) is 14.9 Å². The van der Waals surface area contributed by atoms with Gasteiger partial charge in [0, 0.05) is 41.7 Å². The predicted octanol–water partition coefficient (Wildman–Crippen LogP) is 5.36. The summed E-state index contributed by atoms with van der Waals surface area (Å²) in [5.41, 5.74) is 0.0623. The van der Waals surface area contributed by atoms with Gasteiger partial charge in [0.25, 0.3) is 0 Å². The van der Waals surface area contributed by atoms with Crippen molar-refractivity contribution in [2.75, 3.05) is 18.8 Å². The van der Waals surface area contributed by atoms with Gasteiger partial charge in [0.05, 0.1) is 18.0 Å². The lowest BCUT2D eigenvalue weighted by molar-refractivity contribution is -0.130. The number of nitrogens with zero attached hydrogens (tertiary/aromatic N) is 1. The highest BCUT2D eigenvalue weighted by molar-refractivity contribution is 8.22. The van der Waals surface area contributed by atoms with E-state index in [-0.39, 0.29) is 36.1 Å². The first-order valence-corrected chi connectivity index (χ1v) is 18.0. The van der Waals surface area contributed by atoms with Gasteiger partial charge in [-0.15, -0.1) is 10.8 Å². The monoisotopic (exact) mass is 640 g/mol. The van der Waals surface area contributed by atoms with Crippen molar-refractivity contribution in [3.8, 4) is 0 Å². The van der Waals surface area contributed by atoms with Crippen molar-refractivity contribution in [1.29, 1.82) is 0 Å². The number of amides is 2. The maximum atomic E-state index is 14.2. The summed E-state index contributed by atoms with van der Waals surface area (Å²) in [5.74, 6) is 0.354. The maximum Gasteiger partial charge on any atom is 0.405 e. The molecule has 2 unspecified atom stereocenters. The summed E-state index contributed by atoms with van der Waals surface area (Å²) in [7, 11) is -2.77. The molecule has 3 aliphatic heterocycles. The zero-order chi connectivity index (χ0) is 30.8. The number of carbonyl (C=O) groups is 2. The minimum atomic E-state index is -2.77. The SMILES string of the molecule is C[C@@H]1CC(c2ccc(Cl)cc2)([C@H](NC(=O)O)C(=O)N[C@H]2CCCC[C@@H]2CC[C@H]2CN[C@@H]3CCCS(O)(O)N2C3)C[C@H](C)O1. The van der Waals surface area contributed by atoms with Gasteiger partial charge in [-0.2, -0.15) is 0 Å². The molecule has 4 fully saturated rings. The fourth-order valence-corrected chi connectivity index (χ4v) is 10.3. The van der Waals surface area contributed by atoms with E-state index in [2.05, 4.69) is 16.0 Å². The van der Waals surface area contributed by atoms with E-state index in [9.17, 15) is 23.8 Å². The number of benzene rings is 1. The average Bonchev–Trinajstić information content (AvgIpc) is 3.06. The van der Waals surface area contributed by atoms with E-state index in [1.165, 1.54) is 0 Å². The van der Waals surface area contributed by atoms with E-state index < -0.39 is 28.3 Å². The number of piperazine rings is 1. The Bertz CT molecular complexity index is 1120. The van der Waals surface area contributed by atoms with Crippen molar-refractivity contribution < 1.29 is 28.5 Å².